The molecule has 0 spiro atoms. The van der Waals surface area contributed by atoms with Crippen LogP contribution in [0.1, 0.15) is 49.8 Å². The molecule has 0 aliphatic carbocycles. The van der Waals surface area contributed by atoms with Crippen molar-refractivity contribution in [2.75, 3.05) is 19.6 Å². The van der Waals surface area contributed by atoms with Crippen LogP contribution in [0.2, 0.25) is 0 Å². The Kier molecular flexibility index (Phi) is 10.2. The molecule has 2 aromatic carbocycles. The maximum atomic E-state index is 12.5. The maximum absolute atomic E-state index is 12.5. The highest BCUT2D eigenvalue weighted by Crippen LogP contribution is 2.09. The summed E-state index contributed by atoms with van der Waals surface area (Å²) in [5, 5.41) is 8.84. The van der Waals surface area contributed by atoms with E-state index >= 15 is 0 Å². The molecular weight excluding hydrogens is 386 g/mol. The van der Waals surface area contributed by atoms with Crippen LogP contribution in [0.3, 0.4) is 0 Å². The Hall–Kier alpha value is -3.23. The molecular formula is C26H31N3O2. The van der Waals surface area contributed by atoms with Gasteiger partial charge in [-0.2, -0.15) is 5.26 Å². The molecule has 2 amide bonds. The van der Waals surface area contributed by atoms with Gasteiger partial charge in [-0.25, -0.2) is 0 Å². The van der Waals surface area contributed by atoms with Crippen LogP contribution in [0, 0.1) is 11.3 Å². The Balaban J connectivity index is 1.76. The van der Waals surface area contributed by atoms with Crippen LogP contribution in [0.4, 0.5) is 0 Å². The zero-order valence-electron chi connectivity index (χ0n) is 18.5. The quantitative estimate of drug-likeness (QED) is 0.395. The molecule has 0 atom stereocenters. The highest BCUT2D eigenvalue weighted by molar-refractivity contribution is 6.02. The second kappa shape index (κ2) is 13.1. The number of imide groups is 1. The summed E-state index contributed by atoms with van der Waals surface area (Å²) in [7, 11) is 0. The van der Waals surface area contributed by atoms with E-state index in [1.54, 1.807) is 30.3 Å². The topological polar surface area (TPSA) is 64.4 Å². The number of carbonyl (C=O) groups is 2. The van der Waals surface area contributed by atoms with E-state index in [1.165, 1.54) is 23.5 Å². The first-order valence-electron chi connectivity index (χ1n) is 10.8. The number of rotatable bonds is 11. The van der Waals surface area contributed by atoms with Crippen LogP contribution in [0.5, 0.6) is 0 Å². The van der Waals surface area contributed by atoms with Crippen molar-refractivity contribution in [3.8, 4) is 6.07 Å². The van der Waals surface area contributed by atoms with Crippen LogP contribution in [-0.2, 0) is 16.1 Å². The largest absolute Gasteiger partial charge is 0.299 e. The number of benzene rings is 2. The molecule has 2 aromatic rings. The lowest BCUT2D eigenvalue weighted by atomic mass is 10.1. The van der Waals surface area contributed by atoms with Gasteiger partial charge in [-0.3, -0.25) is 19.4 Å². The zero-order chi connectivity index (χ0) is 22.5. The SMILES string of the molecule is CCN(CCCCCN(C(C)=O)C(=O)/C=C/c1ccc(C#N)cc1)Cc1ccccc1. The lowest BCUT2D eigenvalue weighted by molar-refractivity contribution is -0.140. The third kappa shape index (κ3) is 8.57. The van der Waals surface area contributed by atoms with Crippen LogP contribution in [0.25, 0.3) is 6.08 Å². The number of hydrogen-bond acceptors (Lipinski definition) is 4. The van der Waals surface area contributed by atoms with Crippen molar-refractivity contribution in [3.05, 3.63) is 77.4 Å². The van der Waals surface area contributed by atoms with Crippen molar-refractivity contribution in [1.29, 1.82) is 5.26 Å². The molecule has 0 fully saturated rings. The monoisotopic (exact) mass is 417 g/mol. The summed E-state index contributed by atoms with van der Waals surface area (Å²) in [5.41, 5.74) is 2.69. The predicted octanol–water partition coefficient (Wildman–Crippen LogP) is 4.64. The average Bonchev–Trinajstić information content (AvgIpc) is 2.79. The maximum Gasteiger partial charge on any atom is 0.253 e. The molecule has 162 valence electrons. The van der Waals surface area contributed by atoms with Crippen LogP contribution >= 0.6 is 0 Å². The van der Waals surface area contributed by atoms with Gasteiger partial charge in [-0.1, -0.05) is 55.8 Å². The van der Waals surface area contributed by atoms with Crippen LogP contribution < -0.4 is 0 Å². The predicted molar refractivity (Wildman–Crippen MR) is 124 cm³/mol. The van der Waals surface area contributed by atoms with Gasteiger partial charge in [0, 0.05) is 26.1 Å². The van der Waals surface area contributed by atoms with E-state index in [9.17, 15) is 9.59 Å². The Labute approximate surface area is 185 Å². The Bertz CT molecular complexity index is 898. The molecule has 0 bridgehead atoms. The number of nitrogens with zero attached hydrogens (tertiary/aromatic N) is 3. The van der Waals surface area contributed by atoms with E-state index in [0.717, 1.165) is 44.5 Å². The minimum absolute atomic E-state index is 0.242. The molecule has 31 heavy (non-hydrogen) atoms. The Morgan fingerprint density at radius 3 is 2.26 bits per heavy atom. The van der Waals surface area contributed by atoms with Gasteiger partial charge in [0.25, 0.3) is 5.91 Å². The molecule has 5 heteroatoms. The number of carbonyl (C=O) groups excluding carboxylic acids is 2. The van der Waals surface area contributed by atoms with Gasteiger partial charge < -0.3 is 0 Å². The summed E-state index contributed by atoms with van der Waals surface area (Å²) < 4.78 is 0. The van der Waals surface area contributed by atoms with Gasteiger partial charge in [0.05, 0.1) is 11.6 Å². The fourth-order valence-electron chi connectivity index (χ4n) is 3.32. The van der Waals surface area contributed by atoms with Gasteiger partial charge in [0.1, 0.15) is 0 Å². The Morgan fingerprint density at radius 1 is 0.968 bits per heavy atom. The van der Waals surface area contributed by atoms with Crippen molar-refractivity contribution in [2.45, 2.75) is 39.7 Å². The fourth-order valence-corrected chi connectivity index (χ4v) is 3.32. The summed E-state index contributed by atoms with van der Waals surface area (Å²) in [6.45, 7) is 6.95. The molecule has 0 aliphatic rings. The summed E-state index contributed by atoms with van der Waals surface area (Å²) in [5.74, 6) is -0.551. The van der Waals surface area contributed by atoms with Gasteiger partial charge in [-0.05, 0) is 55.3 Å². The fraction of sp³-hybridized carbons (Fsp3) is 0.346. The smallest absolute Gasteiger partial charge is 0.253 e. The van der Waals surface area contributed by atoms with E-state index in [4.69, 9.17) is 5.26 Å². The van der Waals surface area contributed by atoms with E-state index in [-0.39, 0.29) is 11.8 Å². The first-order valence-corrected chi connectivity index (χ1v) is 10.8. The van der Waals surface area contributed by atoms with E-state index < -0.39 is 0 Å². The number of hydrogen-bond donors (Lipinski definition) is 0. The van der Waals surface area contributed by atoms with Crippen molar-refractivity contribution >= 4 is 17.9 Å². The molecule has 0 aromatic heterocycles. The van der Waals surface area contributed by atoms with E-state index in [2.05, 4.69) is 42.2 Å². The first-order chi connectivity index (χ1) is 15.0. The lowest BCUT2D eigenvalue weighted by Crippen LogP contribution is -2.34. The van der Waals surface area contributed by atoms with Crippen LogP contribution in [-0.4, -0.2) is 41.2 Å². The van der Waals surface area contributed by atoms with E-state index in [1.807, 2.05) is 6.07 Å². The number of amides is 2. The number of nitriles is 1. The lowest BCUT2D eigenvalue weighted by Gasteiger charge is -2.21. The van der Waals surface area contributed by atoms with Crippen molar-refractivity contribution in [1.82, 2.24) is 9.80 Å². The summed E-state index contributed by atoms with van der Waals surface area (Å²) in [6.07, 6.45) is 5.87. The summed E-state index contributed by atoms with van der Waals surface area (Å²) in [4.78, 5) is 28.1. The first kappa shape index (κ1) is 24.0. The molecule has 5 nitrogen and oxygen atoms in total. The zero-order valence-corrected chi connectivity index (χ0v) is 18.5. The summed E-state index contributed by atoms with van der Waals surface area (Å²) >= 11 is 0. The molecule has 0 saturated carbocycles. The highest BCUT2D eigenvalue weighted by atomic mass is 16.2. The van der Waals surface area contributed by atoms with Gasteiger partial charge in [0.2, 0.25) is 5.91 Å². The van der Waals surface area contributed by atoms with E-state index in [0.29, 0.717) is 12.1 Å². The number of unbranched alkanes of at least 4 members (excludes halogenated alkanes) is 2. The molecule has 0 radical (unpaired) electrons. The second-order valence-corrected chi connectivity index (χ2v) is 7.49. The second-order valence-electron chi connectivity index (χ2n) is 7.49. The van der Waals surface area contributed by atoms with Gasteiger partial charge in [0.15, 0.2) is 0 Å². The standard InChI is InChI=1S/C26H31N3O2/c1-3-28(21-25-10-6-4-7-11-25)18-8-5-9-19-29(22(2)30)26(31)17-16-23-12-14-24(20-27)15-13-23/h4,6-7,10-17H,3,5,8-9,18-19,21H2,1-2H3/b17-16+. The van der Waals surface area contributed by atoms with Crippen molar-refractivity contribution in [2.24, 2.45) is 0 Å². The van der Waals surface area contributed by atoms with Crippen molar-refractivity contribution < 1.29 is 9.59 Å². The molecule has 0 aliphatic heterocycles. The minimum atomic E-state index is -0.309. The van der Waals surface area contributed by atoms with Crippen molar-refractivity contribution in [3.63, 3.8) is 0 Å². The third-order valence-electron chi connectivity index (χ3n) is 5.16. The van der Waals surface area contributed by atoms with Gasteiger partial charge in [-0.15, -0.1) is 0 Å². The third-order valence-corrected chi connectivity index (χ3v) is 5.16. The minimum Gasteiger partial charge on any atom is -0.299 e. The molecule has 0 N–H and O–H groups in total. The van der Waals surface area contributed by atoms with Gasteiger partial charge >= 0.3 is 0 Å². The molecule has 0 unspecified atom stereocenters. The Morgan fingerprint density at radius 2 is 1.65 bits per heavy atom. The molecule has 0 heterocycles. The highest BCUT2D eigenvalue weighted by Gasteiger charge is 2.14. The van der Waals surface area contributed by atoms with Crippen LogP contribution in [0.15, 0.2) is 60.7 Å². The normalized spacial score (nSPS) is 10.9. The molecule has 2 rings (SSSR count). The molecule has 0 saturated heterocycles. The summed E-state index contributed by atoms with van der Waals surface area (Å²) in [6, 6.07) is 19.4. The average molecular weight is 418 g/mol.